The average Bonchev–Trinajstić information content (AvgIpc) is 2.54. The summed E-state index contributed by atoms with van der Waals surface area (Å²) < 4.78 is 30.7. The minimum Gasteiger partial charge on any atom is -0.433 e. The van der Waals surface area contributed by atoms with Gasteiger partial charge in [-0.2, -0.15) is 8.78 Å². The quantitative estimate of drug-likeness (QED) is 0.847. The van der Waals surface area contributed by atoms with Crippen LogP contribution in [-0.4, -0.2) is 40.7 Å². The van der Waals surface area contributed by atoms with Crippen LogP contribution in [0.15, 0.2) is 29.2 Å². The molecule has 1 saturated heterocycles. The lowest BCUT2D eigenvalue weighted by atomic mass is 10.1. The van der Waals surface area contributed by atoms with Crippen LogP contribution in [0.4, 0.5) is 8.78 Å². The molecule has 1 aliphatic heterocycles. The van der Waals surface area contributed by atoms with Crippen LogP contribution in [0.2, 0.25) is 0 Å². The van der Waals surface area contributed by atoms with Gasteiger partial charge in [0.1, 0.15) is 5.75 Å². The van der Waals surface area contributed by atoms with Crippen molar-refractivity contribution in [1.29, 1.82) is 0 Å². The van der Waals surface area contributed by atoms with Gasteiger partial charge < -0.3 is 14.2 Å². The van der Waals surface area contributed by atoms with E-state index in [2.05, 4.69) is 21.0 Å². The van der Waals surface area contributed by atoms with Gasteiger partial charge in [-0.1, -0.05) is 0 Å². The molecule has 1 radical (unpaired) electrons. The number of alkyl halides is 2. The Morgan fingerprint density at radius 2 is 2.00 bits per heavy atom. The number of aromatic nitrogens is 2. The number of likely N-dealkylation sites (tertiary alicyclic amines) is 1. The SMILES string of the molecule is O=c1ccc2ncc(OC(F)F)cc2n1CCN1CC[CH]CC1. The highest BCUT2D eigenvalue weighted by Crippen LogP contribution is 2.19. The summed E-state index contributed by atoms with van der Waals surface area (Å²) in [6.45, 7) is 0.292. The van der Waals surface area contributed by atoms with E-state index < -0.39 is 6.61 Å². The van der Waals surface area contributed by atoms with Crippen LogP contribution in [0.1, 0.15) is 12.8 Å². The molecule has 7 heteroatoms. The van der Waals surface area contributed by atoms with Crippen molar-refractivity contribution in [3.8, 4) is 5.75 Å². The maximum atomic E-state index is 12.4. The fraction of sp³-hybridized carbons (Fsp3) is 0.438. The van der Waals surface area contributed by atoms with E-state index in [1.807, 2.05) is 0 Å². The van der Waals surface area contributed by atoms with Gasteiger partial charge in [-0.05, 0) is 38.4 Å². The van der Waals surface area contributed by atoms with Gasteiger partial charge in [0, 0.05) is 25.2 Å². The van der Waals surface area contributed by atoms with Crippen molar-refractivity contribution in [2.24, 2.45) is 0 Å². The zero-order valence-corrected chi connectivity index (χ0v) is 12.6. The predicted molar refractivity (Wildman–Crippen MR) is 82.6 cm³/mol. The standard InChI is InChI=1S/C16H18F2N3O2/c17-16(18)23-12-10-14-13(19-11-12)4-5-15(22)21(14)9-8-20-6-2-1-3-7-20/h1,4-5,10-11,16H,2-3,6-9H2. The number of halogens is 2. The number of nitrogens with zero attached hydrogens (tertiary/aromatic N) is 3. The molecule has 3 heterocycles. The fourth-order valence-corrected chi connectivity index (χ4v) is 2.82. The highest BCUT2D eigenvalue weighted by molar-refractivity contribution is 5.75. The Morgan fingerprint density at radius 3 is 2.74 bits per heavy atom. The predicted octanol–water partition coefficient (Wildman–Crippen LogP) is 2.30. The molecule has 5 nitrogen and oxygen atoms in total. The molecular formula is C16H18F2N3O2. The van der Waals surface area contributed by atoms with Crippen molar-refractivity contribution in [2.75, 3.05) is 19.6 Å². The Labute approximate surface area is 132 Å². The second kappa shape index (κ2) is 7.04. The topological polar surface area (TPSA) is 47.4 Å². The van der Waals surface area contributed by atoms with Gasteiger partial charge in [0.15, 0.2) is 0 Å². The summed E-state index contributed by atoms with van der Waals surface area (Å²) in [7, 11) is 0. The Bertz CT molecular complexity index is 727. The van der Waals surface area contributed by atoms with Crippen molar-refractivity contribution in [3.05, 3.63) is 41.2 Å². The lowest BCUT2D eigenvalue weighted by Gasteiger charge is -2.26. The van der Waals surface area contributed by atoms with E-state index in [1.54, 1.807) is 10.6 Å². The van der Waals surface area contributed by atoms with Crippen molar-refractivity contribution in [2.45, 2.75) is 26.0 Å². The number of pyridine rings is 2. The number of rotatable bonds is 5. The molecule has 0 amide bonds. The van der Waals surface area contributed by atoms with Crippen LogP contribution in [0.25, 0.3) is 11.0 Å². The largest absolute Gasteiger partial charge is 0.433 e. The number of hydrogen-bond acceptors (Lipinski definition) is 4. The van der Waals surface area contributed by atoms with Gasteiger partial charge in [0.2, 0.25) is 0 Å². The molecule has 0 spiro atoms. The van der Waals surface area contributed by atoms with E-state index in [4.69, 9.17) is 0 Å². The first kappa shape index (κ1) is 15.9. The van der Waals surface area contributed by atoms with E-state index in [-0.39, 0.29) is 11.3 Å². The highest BCUT2D eigenvalue weighted by atomic mass is 19.3. The van der Waals surface area contributed by atoms with Crippen molar-refractivity contribution < 1.29 is 13.5 Å². The Kier molecular flexibility index (Phi) is 4.85. The summed E-state index contributed by atoms with van der Waals surface area (Å²) in [6.07, 6.45) is 5.61. The van der Waals surface area contributed by atoms with Gasteiger partial charge in [0.25, 0.3) is 5.56 Å². The molecule has 0 aliphatic carbocycles. The number of fused-ring (bicyclic) bond motifs is 1. The minimum atomic E-state index is -2.91. The van der Waals surface area contributed by atoms with E-state index in [1.165, 1.54) is 18.3 Å². The zero-order chi connectivity index (χ0) is 16.2. The van der Waals surface area contributed by atoms with Gasteiger partial charge in [-0.25, -0.2) is 0 Å². The summed E-state index contributed by atoms with van der Waals surface area (Å²) in [6, 6.07) is 4.49. The zero-order valence-electron chi connectivity index (χ0n) is 12.6. The smallest absolute Gasteiger partial charge is 0.387 e. The van der Waals surface area contributed by atoms with Crippen LogP contribution >= 0.6 is 0 Å². The molecule has 3 rings (SSSR count). The lowest BCUT2D eigenvalue weighted by Crippen LogP contribution is -2.34. The average molecular weight is 322 g/mol. The third-order valence-electron chi connectivity index (χ3n) is 3.98. The maximum absolute atomic E-state index is 12.4. The summed E-state index contributed by atoms with van der Waals surface area (Å²) >= 11 is 0. The number of ether oxygens (including phenoxy) is 1. The van der Waals surface area contributed by atoms with Crippen molar-refractivity contribution >= 4 is 11.0 Å². The Balaban J connectivity index is 1.87. The van der Waals surface area contributed by atoms with Crippen LogP contribution in [0.5, 0.6) is 5.75 Å². The third-order valence-corrected chi connectivity index (χ3v) is 3.98. The maximum Gasteiger partial charge on any atom is 0.387 e. The normalized spacial score (nSPS) is 16.1. The van der Waals surface area contributed by atoms with Crippen LogP contribution in [0, 0.1) is 6.42 Å². The molecule has 0 saturated carbocycles. The fourth-order valence-electron chi connectivity index (χ4n) is 2.82. The van der Waals surface area contributed by atoms with E-state index >= 15 is 0 Å². The molecule has 0 atom stereocenters. The summed E-state index contributed by atoms with van der Waals surface area (Å²) in [5.74, 6) is -0.0422. The number of piperidine rings is 1. The molecule has 0 unspecified atom stereocenters. The first-order chi connectivity index (χ1) is 11.1. The molecule has 0 bridgehead atoms. The van der Waals surface area contributed by atoms with E-state index in [0.29, 0.717) is 17.6 Å². The minimum absolute atomic E-state index is 0.0422. The molecule has 1 aliphatic rings. The first-order valence-corrected chi connectivity index (χ1v) is 7.62. The second-order valence-corrected chi connectivity index (χ2v) is 5.48. The van der Waals surface area contributed by atoms with E-state index in [0.717, 1.165) is 32.5 Å². The molecule has 0 aromatic carbocycles. The molecular weight excluding hydrogens is 304 g/mol. The molecule has 2 aromatic heterocycles. The summed E-state index contributed by atoms with van der Waals surface area (Å²) in [5.41, 5.74) is 0.925. The molecule has 123 valence electrons. The first-order valence-electron chi connectivity index (χ1n) is 7.62. The van der Waals surface area contributed by atoms with Gasteiger partial charge >= 0.3 is 6.61 Å². The van der Waals surface area contributed by atoms with Gasteiger partial charge in [0.05, 0.1) is 17.2 Å². The Hall–Kier alpha value is -2.02. The van der Waals surface area contributed by atoms with Crippen molar-refractivity contribution in [3.63, 3.8) is 0 Å². The van der Waals surface area contributed by atoms with Crippen LogP contribution in [-0.2, 0) is 6.54 Å². The summed E-state index contributed by atoms with van der Waals surface area (Å²) in [4.78, 5) is 18.5. The van der Waals surface area contributed by atoms with Crippen LogP contribution in [0.3, 0.4) is 0 Å². The van der Waals surface area contributed by atoms with Crippen LogP contribution < -0.4 is 10.3 Å². The van der Waals surface area contributed by atoms with E-state index in [9.17, 15) is 13.6 Å². The molecule has 1 fully saturated rings. The van der Waals surface area contributed by atoms with Gasteiger partial charge in [-0.3, -0.25) is 9.78 Å². The second-order valence-electron chi connectivity index (χ2n) is 5.48. The molecule has 2 aromatic rings. The molecule has 0 N–H and O–H groups in total. The third kappa shape index (κ3) is 3.85. The molecule has 23 heavy (non-hydrogen) atoms. The van der Waals surface area contributed by atoms with Crippen molar-refractivity contribution in [1.82, 2.24) is 14.5 Å². The lowest BCUT2D eigenvalue weighted by molar-refractivity contribution is -0.0499. The highest BCUT2D eigenvalue weighted by Gasteiger charge is 2.12. The Morgan fingerprint density at radius 1 is 1.22 bits per heavy atom. The monoisotopic (exact) mass is 322 g/mol. The number of hydrogen-bond donors (Lipinski definition) is 0. The van der Waals surface area contributed by atoms with Gasteiger partial charge in [-0.15, -0.1) is 0 Å². The summed E-state index contributed by atoms with van der Waals surface area (Å²) in [5, 5.41) is 0.